The van der Waals surface area contributed by atoms with E-state index in [4.69, 9.17) is 5.73 Å². The summed E-state index contributed by atoms with van der Waals surface area (Å²) < 4.78 is 0. The van der Waals surface area contributed by atoms with Crippen molar-refractivity contribution in [1.29, 1.82) is 0 Å². The standard InChI is InChI=1S/C7H13NO/c1-4-7(9)5(2)6(3)8/h4,8H2,1-3H3/b6-5+. The molecular formula is C7H13NO. The Bertz CT molecular complexity index is 143. The average molecular weight is 127 g/mol. The fraction of sp³-hybridized carbons (Fsp3) is 0.571. The summed E-state index contributed by atoms with van der Waals surface area (Å²) in [5, 5.41) is 0. The van der Waals surface area contributed by atoms with E-state index in [1.165, 1.54) is 0 Å². The first kappa shape index (κ1) is 8.21. The Morgan fingerprint density at radius 1 is 1.44 bits per heavy atom. The molecule has 52 valence electrons. The minimum absolute atomic E-state index is 0.134. The van der Waals surface area contributed by atoms with E-state index in [2.05, 4.69) is 0 Å². The SMILES string of the molecule is CCC(=O)/C(C)=C(\C)N. The van der Waals surface area contributed by atoms with Crippen LogP contribution in [0.4, 0.5) is 0 Å². The minimum Gasteiger partial charge on any atom is -0.402 e. The first-order chi connectivity index (χ1) is 4.09. The molecule has 0 bridgehead atoms. The fourth-order valence-corrected chi connectivity index (χ4v) is 0.485. The summed E-state index contributed by atoms with van der Waals surface area (Å²) >= 11 is 0. The highest BCUT2D eigenvalue weighted by Gasteiger charge is 2.01. The molecule has 0 amide bonds. The van der Waals surface area contributed by atoms with Gasteiger partial charge in [0.15, 0.2) is 5.78 Å². The van der Waals surface area contributed by atoms with Gasteiger partial charge in [0.1, 0.15) is 0 Å². The molecule has 0 aromatic heterocycles. The zero-order valence-electron chi connectivity index (χ0n) is 6.19. The van der Waals surface area contributed by atoms with Crippen LogP contribution in [0.15, 0.2) is 11.3 Å². The molecule has 0 unspecified atom stereocenters. The van der Waals surface area contributed by atoms with Crippen molar-refractivity contribution in [2.75, 3.05) is 0 Å². The van der Waals surface area contributed by atoms with Crippen molar-refractivity contribution in [2.45, 2.75) is 27.2 Å². The van der Waals surface area contributed by atoms with Crippen LogP contribution in [0.5, 0.6) is 0 Å². The first-order valence-electron chi connectivity index (χ1n) is 3.05. The molecule has 0 saturated heterocycles. The van der Waals surface area contributed by atoms with E-state index < -0.39 is 0 Å². The highest BCUT2D eigenvalue weighted by molar-refractivity contribution is 5.94. The van der Waals surface area contributed by atoms with E-state index in [-0.39, 0.29) is 5.78 Å². The van der Waals surface area contributed by atoms with Gasteiger partial charge in [-0.15, -0.1) is 0 Å². The zero-order chi connectivity index (χ0) is 7.44. The molecule has 0 aliphatic heterocycles. The summed E-state index contributed by atoms with van der Waals surface area (Å²) in [6.07, 6.45) is 0.542. The molecule has 0 rings (SSSR count). The van der Waals surface area contributed by atoms with Crippen LogP contribution in [0.3, 0.4) is 0 Å². The minimum atomic E-state index is 0.134. The summed E-state index contributed by atoms with van der Waals surface area (Å²) in [6.45, 7) is 5.32. The summed E-state index contributed by atoms with van der Waals surface area (Å²) in [5.74, 6) is 0.134. The van der Waals surface area contributed by atoms with Gasteiger partial charge in [0.2, 0.25) is 0 Å². The van der Waals surface area contributed by atoms with Gasteiger partial charge < -0.3 is 5.73 Å². The third-order valence-electron chi connectivity index (χ3n) is 1.33. The van der Waals surface area contributed by atoms with Gasteiger partial charge >= 0.3 is 0 Å². The largest absolute Gasteiger partial charge is 0.402 e. The Balaban J connectivity index is 4.21. The van der Waals surface area contributed by atoms with Crippen LogP contribution < -0.4 is 5.73 Å². The summed E-state index contributed by atoms with van der Waals surface area (Å²) in [7, 11) is 0. The molecule has 2 heteroatoms. The second-order valence-corrected chi connectivity index (χ2v) is 2.08. The van der Waals surface area contributed by atoms with E-state index >= 15 is 0 Å². The van der Waals surface area contributed by atoms with Gasteiger partial charge in [0.25, 0.3) is 0 Å². The monoisotopic (exact) mass is 127 g/mol. The lowest BCUT2D eigenvalue weighted by Crippen LogP contribution is -2.04. The number of carbonyl (C=O) groups excluding carboxylic acids is 1. The third-order valence-corrected chi connectivity index (χ3v) is 1.33. The van der Waals surface area contributed by atoms with Crippen molar-refractivity contribution in [2.24, 2.45) is 5.73 Å². The maximum absolute atomic E-state index is 10.8. The Kier molecular flexibility index (Phi) is 2.99. The highest BCUT2D eigenvalue weighted by atomic mass is 16.1. The number of allylic oxidation sites excluding steroid dienone is 2. The van der Waals surface area contributed by atoms with Crippen molar-refractivity contribution in [3.63, 3.8) is 0 Å². The number of nitrogens with two attached hydrogens (primary N) is 1. The number of Topliss-reactive ketones (excluding diaryl/α,β-unsaturated/α-hetero) is 1. The molecule has 0 heterocycles. The van der Waals surface area contributed by atoms with E-state index in [1.54, 1.807) is 13.8 Å². The number of rotatable bonds is 2. The molecule has 0 aromatic rings. The molecule has 0 aromatic carbocycles. The van der Waals surface area contributed by atoms with Crippen molar-refractivity contribution in [3.8, 4) is 0 Å². The molecule has 9 heavy (non-hydrogen) atoms. The lowest BCUT2D eigenvalue weighted by molar-refractivity contribution is -0.115. The third kappa shape index (κ3) is 2.31. The van der Waals surface area contributed by atoms with Crippen LogP contribution >= 0.6 is 0 Å². The fourth-order valence-electron chi connectivity index (χ4n) is 0.485. The second-order valence-electron chi connectivity index (χ2n) is 2.08. The van der Waals surface area contributed by atoms with Crippen molar-refractivity contribution < 1.29 is 4.79 Å². The predicted molar refractivity (Wildman–Crippen MR) is 37.9 cm³/mol. The number of carbonyl (C=O) groups is 1. The zero-order valence-corrected chi connectivity index (χ0v) is 6.19. The van der Waals surface area contributed by atoms with Crippen molar-refractivity contribution >= 4 is 5.78 Å². The van der Waals surface area contributed by atoms with E-state index in [9.17, 15) is 4.79 Å². The summed E-state index contributed by atoms with van der Waals surface area (Å²) in [4.78, 5) is 10.8. The number of hydrogen-bond donors (Lipinski definition) is 1. The van der Waals surface area contributed by atoms with Gasteiger partial charge in [-0.25, -0.2) is 0 Å². The van der Waals surface area contributed by atoms with E-state index in [0.29, 0.717) is 17.7 Å². The van der Waals surface area contributed by atoms with Crippen LogP contribution in [0.2, 0.25) is 0 Å². The number of hydrogen-bond acceptors (Lipinski definition) is 2. The van der Waals surface area contributed by atoms with Crippen molar-refractivity contribution in [3.05, 3.63) is 11.3 Å². The van der Waals surface area contributed by atoms with Crippen LogP contribution in [-0.2, 0) is 4.79 Å². The lowest BCUT2D eigenvalue weighted by Gasteiger charge is -1.97. The molecule has 0 saturated carbocycles. The van der Waals surface area contributed by atoms with Gasteiger partial charge in [0, 0.05) is 17.7 Å². The molecule has 0 aliphatic rings. The maximum atomic E-state index is 10.8. The molecular weight excluding hydrogens is 114 g/mol. The van der Waals surface area contributed by atoms with Gasteiger partial charge in [-0.05, 0) is 13.8 Å². The molecule has 0 radical (unpaired) electrons. The topological polar surface area (TPSA) is 43.1 Å². The Morgan fingerprint density at radius 2 is 1.89 bits per heavy atom. The first-order valence-corrected chi connectivity index (χ1v) is 3.05. The van der Waals surface area contributed by atoms with Crippen LogP contribution in [0, 0.1) is 0 Å². The van der Waals surface area contributed by atoms with E-state index in [1.807, 2.05) is 6.92 Å². The maximum Gasteiger partial charge on any atom is 0.160 e. The summed E-state index contributed by atoms with van der Waals surface area (Å²) in [5.41, 5.74) is 6.69. The summed E-state index contributed by atoms with van der Waals surface area (Å²) in [6, 6.07) is 0. The molecule has 0 aliphatic carbocycles. The average Bonchev–Trinajstić information content (AvgIpc) is 1.84. The van der Waals surface area contributed by atoms with Gasteiger partial charge in [-0.1, -0.05) is 6.92 Å². The Labute approximate surface area is 55.7 Å². The quantitative estimate of drug-likeness (QED) is 0.567. The Hall–Kier alpha value is -0.790. The second kappa shape index (κ2) is 3.28. The highest BCUT2D eigenvalue weighted by Crippen LogP contribution is 2.00. The number of ketones is 1. The van der Waals surface area contributed by atoms with Crippen LogP contribution in [-0.4, -0.2) is 5.78 Å². The molecule has 0 atom stereocenters. The predicted octanol–water partition coefficient (Wildman–Crippen LogP) is 1.22. The molecule has 0 spiro atoms. The Morgan fingerprint density at radius 3 is 2.00 bits per heavy atom. The van der Waals surface area contributed by atoms with E-state index in [0.717, 1.165) is 0 Å². The van der Waals surface area contributed by atoms with Gasteiger partial charge in [0.05, 0.1) is 0 Å². The van der Waals surface area contributed by atoms with Crippen LogP contribution in [0.1, 0.15) is 27.2 Å². The molecule has 0 fully saturated rings. The van der Waals surface area contributed by atoms with Crippen molar-refractivity contribution in [1.82, 2.24) is 0 Å². The van der Waals surface area contributed by atoms with Crippen LogP contribution in [0.25, 0.3) is 0 Å². The normalized spacial score (nSPS) is 12.8. The van der Waals surface area contributed by atoms with Gasteiger partial charge in [-0.3, -0.25) is 4.79 Å². The molecule has 2 nitrogen and oxygen atoms in total. The lowest BCUT2D eigenvalue weighted by atomic mass is 10.1. The van der Waals surface area contributed by atoms with Gasteiger partial charge in [-0.2, -0.15) is 0 Å². The molecule has 2 N–H and O–H groups in total. The smallest absolute Gasteiger partial charge is 0.160 e.